The number of nitrogens with one attached hydrogen (secondary N) is 1. The van der Waals surface area contributed by atoms with E-state index < -0.39 is 34.0 Å². The van der Waals surface area contributed by atoms with Crippen molar-refractivity contribution >= 4 is 27.6 Å². The zero-order valence-electron chi connectivity index (χ0n) is 15.7. The number of anilines is 1. The molecule has 0 atom stereocenters. The molecule has 0 radical (unpaired) electrons. The molecular weight excluding hydrogens is 386 g/mol. The molecule has 0 aliphatic carbocycles. The third kappa shape index (κ3) is 4.84. The molecule has 0 saturated heterocycles. The lowest BCUT2D eigenvalue weighted by Gasteiger charge is -2.14. The van der Waals surface area contributed by atoms with E-state index in [0.29, 0.717) is 0 Å². The summed E-state index contributed by atoms with van der Waals surface area (Å²) in [6.45, 7) is 1.43. The first-order valence-electron chi connectivity index (χ1n) is 8.36. The first-order chi connectivity index (χ1) is 13.2. The summed E-state index contributed by atoms with van der Waals surface area (Å²) in [7, 11) is -1.02. The van der Waals surface area contributed by atoms with Crippen molar-refractivity contribution in [2.45, 2.75) is 18.4 Å². The van der Waals surface area contributed by atoms with Crippen molar-refractivity contribution in [2.75, 3.05) is 26.0 Å². The topological polar surface area (TPSA) is 115 Å². The summed E-state index contributed by atoms with van der Waals surface area (Å²) in [6, 6.07) is 8.55. The Morgan fingerprint density at radius 2 is 1.82 bits per heavy atom. The van der Waals surface area contributed by atoms with Gasteiger partial charge < -0.3 is 14.6 Å². The van der Waals surface area contributed by atoms with Gasteiger partial charge in [0, 0.05) is 26.4 Å². The van der Waals surface area contributed by atoms with Gasteiger partial charge in [-0.2, -0.15) is 0 Å². The van der Waals surface area contributed by atoms with Gasteiger partial charge in [-0.25, -0.2) is 17.5 Å². The van der Waals surface area contributed by atoms with Gasteiger partial charge in [-0.3, -0.25) is 9.59 Å². The van der Waals surface area contributed by atoms with E-state index in [4.69, 9.17) is 4.74 Å². The number of nitrogens with zero attached hydrogens (tertiary/aromatic N) is 2. The van der Waals surface area contributed by atoms with Crippen molar-refractivity contribution in [2.24, 2.45) is 0 Å². The monoisotopic (exact) mass is 407 g/mol. The molecule has 0 fully saturated rings. The summed E-state index contributed by atoms with van der Waals surface area (Å²) < 4.78 is 31.4. The van der Waals surface area contributed by atoms with Gasteiger partial charge in [0.05, 0.1) is 22.8 Å². The first kappa shape index (κ1) is 21.3. The minimum atomic E-state index is -3.75. The highest BCUT2D eigenvalue weighted by Crippen LogP contribution is 2.16. The summed E-state index contributed by atoms with van der Waals surface area (Å²) in [6.07, 6.45) is 1.11. The number of ether oxygens (including phenoxy) is 1. The largest absolute Gasteiger partial charge is 0.462 e. The quantitative estimate of drug-likeness (QED) is 0.683. The molecule has 1 aromatic carbocycles. The highest BCUT2D eigenvalue weighted by molar-refractivity contribution is 7.89. The average Bonchev–Trinajstić information content (AvgIpc) is 2.63. The van der Waals surface area contributed by atoms with E-state index in [-0.39, 0.29) is 22.8 Å². The smallest absolute Gasteiger partial charge is 0.340 e. The molecule has 1 amide bonds. The lowest BCUT2D eigenvalue weighted by Crippen LogP contribution is -2.29. The minimum absolute atomic E-state index is 0.114. The van der Waals surface area contributed by atoms with Crippen LogP contribution in [0.15, 0.2) is 52.3 Å². The van der Waals surface area contributed by atoms with Crippen LogP contribution in [-0.4, -0.2) is 49.9 Å². The highest BCUT2D eigenvalue weighted by Gasteiger charge is 2.19. The minimum Gasteiger partial charge on any atom is -0.462 e. The second-order valence-electron chi connectivity index (χ2n) is 5.93. The van der Waals surface area contributed by atoms with Gasteiger partial charge in [-0.15, -0.1) is 0 Å². The van der Waals surface area contributed by atoms with E-state index in [1.807, 2.05) is 0 Å². The molecule has 0 saturated carbocycles. The molecule has 0 aliphatic rings. The summed E-state index contributed by atoms with van der Waals surface area (Å²) in [5, 5.41) is 2.55. The molecule has 0 aliphatic heterocycles. The number of hydrogen-bond acceptors (Lipinski definition) is 6. The van der Waals surface area contributed by atoms with E-state index in [1.165, 1.54) is 32.3 Å². The fraction of sp³-hybridized carbons (Fsp3) is 0.278. The Morgan fingerprint density at radius 3 is 2.46 bits per heavy atom. The maximum atomic E-state index is 12.4. The number of carbonyl (C=O) groups excluding carboxylic acids is 2. The number of benzene rings is 1. The molecule has 1 N–H and O–H groups in total. The van der Waals surface area contributed by atoms with E-state index in [2.05, 4.69) is 5.32 Å². The second kappa shape index (κ2) is 8.81. The Labute approximate surface area is 162 Å². The molecule has 1 aromatic heterocycles. The van der Waals surface area contributed by atoms with Crippen LogP contribution in [0.3, 0.4) is 0 Å². The zero-order valence-corrected chi connectivity index (χ0v) is 16.5. The van der Waals surface area contributed by atoms with Crippen molar-refractivity contribution in [3.05, 3.63) is 58.5 Å². The fourth-order valence-corrected chi connectivity index (χ4v) is 3.24. The fourth-order valence-electron chi connectivity index (χ4n) is 2.32. The van der Waals surface area contributed by atoms with Gasteiger partial charge in [0.2, 0.25) is 15.9 Å². The van der Waals surface area contributed by atoms with Crippen molar-refractivity contribution in [3.63, 3.8) is 0 Å². The number of pyridine rings is 1. The van der Waals surface area contributed by atoms with Crippen LogP contribution < -0.4 is 10.9 Å². The van der Waals surface area contributed by atoms with Crippen molar-refractivity contribution in [1.29, 1.82) is 0 Å². The number of esters is 1. The number of aromatic nitrogens is 1. The summed E-state index contributed by atoms with van der Waals surface area (Å²) in [5.41, 5.74) is -0.128. The number of carbonyl (C=O) groups is 2. The summed E-state index contributed by atoms with van der Waals surface area (Å²) in [4.78, 5) is 36.3. The molecule has 1 heterocycles. The van der Waals surface area contributed by atoms with Crippen LogP contribution in [0, 0.1) is 0 Å². The molecular formula is C18H21N3O6S. The van der Waals surface area contributed by atoms with Crippen LogP contribution in [-0.2, 0) is 26.1 Å². The molecule has 0 unspecified atom stereocenters. The van der Waals surface area contributed by atoms with E-state index in [9.17, 15) is 22.8 Å². The van der Waals surface area contributed by atoms with Crippen LogP contribution in [0.1, 0.15) is 17.3 Å². The van der Waals surface area contributed by atoms with E-state index >= 15 is 0 Å². The molecule has 0 spiro atoms. The molecule has 10 heteroatoms. The first-order valence-corrected chi connectivity index (χ1v) is 9.80. The highest BCUT2D eigenvalue weighted by atomic mass is 32.2. The van der Waals surface area contributed by atoms with Crippen LogP contribution in [0.2, 0.25) is 0 Å². The molecule has 2 aromatic rings. The van der Waals surface area contributed by atoms with Crippen molar-refractivity contribution < 1.29 is 22.7 Å². The van der Waals surface area contributed by atoms with Gasteiger partial charge >= 0.3 is 5.97 Å². The molecule has 9 nitrogen and oxygen atoms in total. The van der Waals surface area contributed by atoms with Gasteiger partial charge in [0.25, 0.3) is 5.56 Å². The van der Waals surface area contributed by atoms with Crippen molar-refractivity contribution in [3.8, 4) is 0 Å². The Morgan fingerprint density at radius 1 is 1.14 bits per heavy atom. The number of sulfonamides is 1. The van der Waals surface area contributed by atoms with Gasteiger partial charge in [0.1, 0.15) is 6.54 Å². The average molecular weight is 407 g/mol. The Hall–Kier alpha value is -2.98. The van der Waals surface area contributed by atoms with Crippen LogP contribution in [0.25, 0.3) is 0 Å². The van der Waals surface area contributed by atoms with Crippen LogP contribution in [0.5, 0.6) is 0 Å². The summed E-state index contributed by atoms with van der Waals surface area (Å²) in [5.74, 6) is -1.19. The molecule has 0 bridgehead atoms. The maximum absolute atomic E-state index is 12.4. The van der Waals surface area contributed by atoms with Crippen molar-refractivity contribution in [1.82, 2.24) is 8.87 Å². The number of amides is 1. The Balaban J connectivity index is 2.26. The SMILES string of the molecule is CCOC(=O)c1ccccc1NC(=O)Cn1cc(S(=O)(=O)N(C)C)ccc1=O. The second-order valence-corrected chi connectivity index (χ2v) is 8.08. The van der Waals surface area contributed by atoms with Gasteiger partial charge in [-0.05, 0) is 25.1 Å². The zero-order chi connectivity index (χ0) is 20.9. The van der Waals surface area contributed by atoms with E-state index in [1.54, 1.807) is 19.1 Å². The van der Waals surface area contributed by atoms with Crippen LogP contribution >= 0.6 is 0 Å². The normalized spacial score (nSPS) is 11.3. The molecule has 28 heavy (non-hydrogen) atoms. The maximum Gasteiger partial charge on any atom is 0.340 e. The number of hydrogen-bond donors (Lipinski definition) is 1. The Bertz CT molecular complexity index is 1040. The third-order valence-electron chi connectivity index (χ3n) is 3.75. The van der Waals surface area contributed by atoms with Crippen LogP contribution in [0.4, 0.5) is 5.69 Å². The summed E-state index contributed by atoms with van der Waals surface area (Å²) >= 11 is 0. The van der Waals surface area contributed by atoms with E-state index in [0.717, 1.165) is 21.1 Å². The lowest BCUT2D eigenvalue weighted by atomic mass is 10.2. The standard InChI is InChI=1S/C18H21N3O6S/c1-4-27-18(24)14-7-5-6-8-15(14)19-16(22)12-21-11-13(9-10-17(21)23)28(25,26)20(2)3/h5-11H,4,12H2,1-3H3,(H,19,22). The van der Waals surface area contributed by atoms with Gasteiger partial charge in [0.15, 0.2) is 0 Å². The number of rotatable bonds is 7. The molecule has 150 valence electrons. The predicted molar refractivity (Wildman–Crippen MR) is 103 cm³/mol. The third-order valence-corrected chi connectivity index (χ3v) is 5.54. The van der Waals surface area contributed by atoms with Gasteiger partial charge in [-0.1, -0.05) is 12.1 Å². The molecule has 2 rings (SSSR count). The predicted octanol–water partition coefficient (Wildman–Crippen LogP) is 0.914. The number of para-hydroxylation sites is 1. The Kier molecular flexibility index (Phi) is 6.71. The lowest BCUT2D eigenvalue weighted by molar-refractivity contribution is -0.116.